The minimum Gasteiger partial charge on any atom is -0.465 e. The van der Waals surface area contributed by atoms with Crippen molar-refractivity contribution in [3.05, 3.63) is 71.3 Å². The Labute approximate surface area is 154 Å². The lowest BCUT2D eigenvalue weighted by molar-refractivity contribution is -0.131. The molecule has 5 heteroatoms. The second kappa shape index (κ2) is 8.15. The largest absolute Gasteiger partial charge is 0.465 e. The van der Waals surface area contributed by atoms with Gasteiger partial charge in [0.2, 0.25) is 5.91 Å². The molecular weight excluding hydrogens is 328 g/mol. The molecule has 0 saturated carbocycles. The Bertz CT molecular complexity index is 759. The van der Waals surface area contributed by atoms with E-state index in [-0.39, 0.29) is 24.0 Å². The van der Waals surface area contributed by atoms with Crippen LogP contribution in [-0.2, 0) is 16.1 Å². The first-order valence-corrected chi connectivity index (χ1v) is 8.85. The number of ether oxygens (including phenoxy) is 1. The topological polar surface area (TPSA) is 58.6 Å². The van der Waals surface area contributed by atoms with Crippen molar-refractivity contribution in [3.63, 3.8) is 0 Å². The zero-order chi connectivity index (χ0) is 18.5. The van der Waals surface area contributed by atoms with E-state index in [0.717, 1.165) is 25.1 Å². The normalized spacial score (nSPS) is 17.8. The summed E-state index contributed by atoms with van der Waals surface area (Å²) in [7, 11) is 1.36. The summed E-state index contributed by atoms with van der Waals surface area (Å²) >= 11 is 0. The van der Waals surface area contributed by atoms with Crippen LogP contribution in [0.4, 0.5) is 0 Å². The van der Waals surface area contributed by atoms with Gasteiger partial charge in [-0.05, 0) is 36.6 Å². The summed E-state index contributed by atoms with van der Waals surface area (Å²) in [5, 5.41) is 3.08. The molecule has 2 aromatic rings. The summed E-state index contributed by atoms with van der Waals surface area (Å²) in [6.07, 6.45) is 0.882. The van der Waals surface area contributed by atoms with E-state index >= 15 is 0 Å². The molecular formula is C21H24N2O3. The van der Waals surface area contributed by atoms with Crippen LogP contribution in [0.1, 0.15) is 40.9 Å². The molecule has 0 aliphatic carbocycles. The zero-order valence-electron chi connectivity index (χ0n) is 15.1. The highest BCUT2D eigenvalue weighted by Gasteiger charge is 2.34. The Morgan fingerprint density at radius 1 is 1.15 bits per heavy atom. The number of methoxy groups -OCH3 is 1. The van der Waals surface area contributed by atoms with Crippen molar-refractivity contribution in [2.75, 3.05) is 13.7 Å². The second-order valence-corrected chi connectivity index (χ2v) is 6.60. The third kappa shape index (κ3) is 4.11. The molecule has 136 valence electrons. The van der Waals surface area contributed by atoms with Gasteiger partial charge in [-0.2, -0.15) is 0 Å². The summed E-state index contributed by atoms with van der Waals surface area (Å²) in [5.41, 5.74) is 2.68. The number of carbonyl (C=O) groups excluding carboxylic acids is 2. The van der Waals surface area contributed by atoms with Crippen LogP contribution in [0.3, 0.4) is 0 Å². The number of esters is 1. The molecule has 1 saturated heterocycles. The molecule has 2 atom stereocenters. The molecule has 1 fully saturated rings. The standard InChI is InChI=1S/C21H24N2O3/c1-15(17-8-10-18(11-9-17)21(25)26-2)22-20(24)19-12-13-23(19)14-16-6-4-3-5-7-16/h3-11,15,19H,12-14H2,1-2H3,(H,22,24). The van der Waals surface area contributed by atoms with Crippen molar-refractivity contribution >= 4 is 11.9 Å². The van der Waals surface area contributed by atoms with Crippen LogP contribution < -0.4 is 5.32 Å². The van der Waals surface area contributed by atoms with Gasteiger partial charge in [-0.3, -0.25) is 9.69 Å². The second-order valence-electron chi connectivity index (χ2n) is 6.60. The molecule has 0 bridgehead atoms. The highest BCUT2D eigenvalue weighted by Crippen LogP contribution is 2.22. The molecule has 1 aliphatic rings. The van der Waals surface area contributed by atoms with Crippen LogP contribution in [0, 0.1) is 0 Å². The Morgan fingerprint density at radius 3 is 2.42 bits per heavy atom. The van der Waals surface area contributed by atoms with Gasteiger partial charge in [0.15, 0.2) is 0 Å². The van der Waals surface area contributed by atoms with Crippen LogP contribution in [0.5, 0.6) is 0 Å². The quantitative estimate of drug-likeness (QED) is 0.812. The van der Waals surface area contributed by atoms with E-state index in [4.69, 9.17) is 4.74 Å². The molecule has 1 N–H and O–H groups in total. The minimum atomic E-state index is -0.362. The number of amides is 1. The number of nitrogens with one attached hydrogen (secondary N) is 1. The lowest BCUT2D eigenvalue weighted by Gasteiger charge is -2.40. The molecule has 3 rings (SSSR count). The summed E-state index contributed by atoms with van der Waals surface area (Å²) in [4.78, 5) is 26.3. The van der Waals surface area contributed by atoms with E-state index in [1.165, 1.54) is 12.7 Å². The van der Waals surface area contributed by atoms with E-state index in [2.05, 4.69) is 22.3 Å². The van der Waals surface area contributed by atoms with Crippen molar-refractivity contribution in [2.45, 2.75) is 32.0 Å². The Morgan fingerprint density at radius 2 is 1.85 bits per heavy atom. The van der Waals surface area contributed by atoms with Crippen LogP contribution in [0.15, 0.2) is 54.6 Å². The SMILES string of the molecule is COC(=O)c1ccc(C(C)NC(=O)C2CCN2Cc2ccccc2)cc1. The summed E-state index contributed by atoms with van der Waals surface area (Å²) < 4.78 is 4.70. The first-order chi connectivity index (χ1) is 12.6. The average Bonchev–Trinajstić information content (AvgIpc) is 2.65. The van der Waals surface area contributed by atoms with Crippen LogP contribution in [-0.4, -0.2) is 36.5 Å². The number of carbonyl (C=O) groups is 2. The number of hydrogen-bond acceptors (Lipinski definition) is 4. The number of likely N-dealkylation sites (tertiary alicyclic amines) is 1. The van der Waals surface area contributed by atoms with E-state index in [1.54, 1.807) is 12.1 Å². The predicted molar refractivity (Wildman–Crippen MR) is 99.6 cm³/mol. The van der Waals surface area contributed by atoms with Crippen LogP contribution in [0.25, 0.3) is 0 Å². The number of nitrogens with zero attached hydrogens (tertiary/aromatic N) is 1. The fourth-order valence-electron chi connectivity index (χ4n) is 3.16. The van der Waals surface area contributed by atoms with Gasteiger partial charge in [0.1, 0.15) is 0 Å². The highest BCUT2D eigenvalue weighted by atomic mass is 16.5. The van der Waals surface area contributed by atoms with Gasteiger partial charge in [-0.1, -0.05) is 42.5 Å². The van der Waals surface area contributed by atoms with E-state index in [0.29, 0.717) is 5.56 Å². The minimum absolute atomic E-state index is 0.0525. The van der Waals surface area contributed by atoms with Gasteiger partial charge in [0, 0.05) is 13.1 Å². The van der Waals surface area contributed by atoms with Gasteiger partial charge < -0.3 is 10.1 Å². The molecule has 0 aromatic heterocycles. The van der Waals surface area contributed by atoms with Crippen molar-refractivity contribution in [3.8, 4) is 0 Å². The lowest BCUT2D eigenvalue weighted by atomic mass is 9.99. The van der Waals surface area contributed by atoms with Crippen LogP contribution >= 0.6 is 0 Å². The molecule has 2 unspecified atom stereocenters. The Kier molecular flexibility index (Phi) is 5.68. The average molecular weight is 352 g/mol. The van der Waals surface area contributed by atoms with E-state index in [1.807, 2.05) is 37.3 Å². The molecule has 2 aromatic carbocycles. The molecule has 1 amide bonds. The zero-order valence-corrected chi connectivity index (χ0v) is 15.1. The molecule has 0 spiro atoms. The first kappa shape index (κ1) is 18.1. The smallest absolute Gasteiger partial charge is 0.337 e. The predicted octanol–water partition coefficient (Wildman–Crippen LogP) is 2.92. The van der Waals surface area contributed by atoms with E-state index < -0.39 is 0 Å². The van der Waals surface area contributed by atoms with E-state index in [9.17, 15) is 9.59 Å². The Balaban J connectivity index is 1.56. The molecule has 0 radical (unpaired) electrons. The number of benzene rings is 2. The Hall–Kier alpha value is -2.66. The highest BCUT2D eigenvalue weighted by molar-refractivity contribution is 5.89. The number of hydrogen-bond donors (Lipinski definition) is 1. The maximum atomic E-state index is 12.6. The number of rotatable bonds is 6. The first-order valence-electron chi connectivity index (χ1n) is 8.85. The molecule has 1 aliphatic heterocycles. The maximum absolute atomic E-state index is 12.6. The van der Waals surface area contributed by atoms with Gasteiger partial charge >= 0.3 is 5.97 Å². The van der Waals surface area contributed by atoms with Crippen molar-refractivity contribution in [1.82, 2.24) is 10.2 Å². The van der Waals surface area contributed by atoms with Gasteiger partial charge in [0.05, 0.1) is 24.8 Å². The summed E-state index contributed by atoms with van der Waals surface area (Å²) in [6.45, 7) is 3.68. The lowest BCUT2D eigenvalue weighted by Crippen LogP contribution is -2.55. The van der Waals surface area contributed by atoms with Crippen LogP contribution in [0.2, 0.25) is 0 Å². The van der Waals surface area contributed by atoms with Gasteiger partial charge in [0.25, 0.3) is 0 Å². The van der Waals surface area contributed by atoms with Crippen molar-refractivity contribution < 1.29 is 14.3 Å². The monoisotopic (exact) mass is 352 g/mol. The molecule has 5 nitrogen and oxygen atoms in total. The fourth-order valence-corrected chi connectivity index (χ4v) is 3.16. The third-order valence-electron chi connectivity index (χ3n) is 4.85. The van der Waals surface area contributed by atoms with Gasteiger partial charge in [-0.15, -0.1) is 0 Å². The molecule has 26 heavy (non-hydrogen) atoms. The summed E-state index contributed by atoms with van der Waals surface area (Å²) in [6, 6.07) is 17.1. The van der Waals surface area contributed by atoms with Gasteiger partial charge in [-0.25, -0.2) is 4.79 Å². The fraction of sp³-hybridized carbons (Fsp3) is 0.333. The maximum Gasteiger partial charge on any atom is 0.337 e. The summed E-state index contributed by atoms with van der Waals surface area (Å²) in [5.74, 6) is -0.309. The molecule has 1 heterocycles. The van der Waals surface area contributed by atoms with Crippen molar-refractivity contribution in [1.29, 1.82) is 0 Å². The van der Waals surface area contributed by atoms with Crippen molar-refractivity contribution in [2.24, 2.45) is 0 Å². The third-order valence-corrected chi connectivity index (χ3v) is 4.85.